The molecule has 0 aliphatic rings. The Balaban J connectivity index is 2.40. The van der Waals surface area contributed by atoms with E-state index in [2.05, 4.69) is 0 Å². The van der Waals surface area contributed by atoms with Crippen molar-refractivity contribution < 1.29 is 9.85 Å². The van der Waals surface area contributed by atoms with Crippen molar-refractivity contribution in [3.63, 3.8) is 0 Å². The highest BCUT2D eigenvalue weighted by atomic mass is 16.6. The molecule has 7 heteroatoms. The van der Waals surface area contributed by atoms with Crippen LogP contribution in [-0.2, 0) is 6.54 Å². The first-order valence-corrected chi connectivity index (χ1v) is 5.10. The number of benzene rings is 1. The topological polar surface area (TPSA) is 91.2 Å². The third-order valence-corrected chi connectivity index (χ3v) is 2.50. The van der Waals surface area contributed by atoms with Crippen molar-refractivity contribution in [3.05, 3.63) is 68.5 Å². The van der Waals surface area contributed by atoms with Crippen LogP contribution in [-0.4, -0.2) is 14.4 Å². The highest BCUT2D eigenvalue weighted by Crippen LogP contribution is 2.25. The Hall–Kier alpha value is -2.70. The predicted octanol–water partition coefficient (Wildman–Crippen LogP) is 2.35. The summed E-state index contributed by atoms with van der Waals surface area (Å²) in [5.41, 5.74) is -0.0855. The lowest BCUT2D eigenvalue weighted by atomic mass is 10.1. The average Bonchev–Trinajstić information content (AvgIpc) is 2.81. The Labute approximate surface area is 102 Å². The van der Waals surface area contributed by atoms with Gasteiger partial charge >= 0.3 is 0 Å². The minimum atomic E-state index is -0.646. The van der Waals surface area contributed by atoms with Gasteiger partial charge in [-0.15, -0.1) is 0 Å². The normalized spacial score (nSPS) is 10.2. The first-order valence-electron chi connectivity index (χ1n) is 5.10. The Kier molecular flexibility index (Phi) is 3.05. The summed E-state index contributed by atoms with van der Waals surface area (Å²) in [6.07, 6.45) is 3.54. The van der Waals surface area contributed by atoms with Crippen LogP contribution in [0.15, 0.2) is 42.7 Å². The van der Waals surface area contributed by atoms with Crippen LogP contribution in [0.5, 0.6) is 0 Å². The van der Waals surface area contributed by atoms with Crippen molar-refractivity contribution in [1.29, 1.82) is 0 Å². The summed E-state index contributed by atoms with van der Waals surface area (Å²) in [4.78, 5) is 20.2. The lowest BCUT2D eigenvalue weighted by Gasteiger charge is -2.04. The van der Waals surface area contributed by atoms with Gasteiger partial charge in [-0.1, -0.05) is 0 Å². The molecule has 0 amide bonds. The van der Waals surface area contributed by atoms with E-state index in [1.165, 1.54) is 12.1 Å². The van der Waals surface area contributed by atoms with Gasteiger partial charge in [0.05, 0.1) is 22.5 Å². The van der Waals surface area contributed by atoms with Gasteiger partial charge in [-0.3, -0.25) is 20.2 Å². The molecule has 7 nitrogen and oxygen atoms in total. The quantitative estimate of drug-likeness (QED) is 0.612. The van der Waals surface area contributed by atoms with Crippen molar-refractivity contribution in [2.24, 2.45) is 0 Å². The molecule has 0 aliphatic carbocycles. The van der Waals surface area contributed by atoms with Gasteiger partial charge in [-0.25, -0.2) is 0 Å². The van der Waals surface area contributed by atoms with Crippen molar-refractivity contribution in [2.75, 3.05) is 0 Å². The second-order valence-corrected chi connectivity index (χ2v) is 3.68. The van der Waals surface area contributed by atoms with Crippen molar-refractivity contribution in [2.45, 2.75) is 6.54 Å². The number of non-ortho nitro benzene ring substituents is 1. The molecule has 0 bridgehead atoms. The minimum Gasteiger partial charge on any atom is -0.350 e. The van der Waals surface area contributed by atoms with Gasteiger partial charge in [0.2, 0.25) is 0 Å². The van der Waals surface area contributed by atoms with Crippen LogP contribution in [0.4, 0.5) is 11.4 Å². The molecule has 2 aromatic rings. The van der Waals surface area contributed by atoms with E-state index in [-0.39, 0.29) is 11.4 Å². The zero-order valence-electron chi connectivity index (χ0n) is 9.22. The minimum absolute atomic E-state index is 0.238. The van der Waals surface area contributed by atoms with Crippen LogP contribution < -0.4 is 0 Å². The molecule has 0 fully saturated rings. The molecule has 1 aromatic heterocycles. The van der Waals surface area contributed by atoms with Crippen LogP contribution in [0.25, 0.3) is 0 Å². The highest BCUT2D eigenvalue weighted by Gasteiger charge is 2.19. The smallest absolute Gasteiger partial charge is 0.281 e. The molecule has 0 saturated heterocycles. The van der Waals surface area contributed by atoms with Crippen LogP contribution in [0.2, 0.25) is 0 Å². The van der Waals surface area contributed by atoms with E-state index >= 15 is 0 Å². The summed E-state index contributed by atoms with van der Waals surface area (Å²) >= 11 is 0. The number of hydrogen-bond donors (Lipinski definition) is 0. The fraction of sp³-hybridized carbons (Fsp3) is 0.0909. The van der Waals surface area contributed by atoms with Crippen molar-refractivity contribution in [3.8, 4) is 0 Å². The molecule has 0 aliphatic heterocycles. The molecule has 0 unspecified atom stereocenters. The monoisotopic (exact) mass is 247 g/mol. The predicted molar refractivity (Wildman–Crippen MR) is 63.3 cm³/mol. The van der Waals surface area contributed by atoms with Crippen molar-refractivity contribution >= 4 is 11.4 Å². The van der Waals surface area contributed by atoms with Crippen LogP contribution in [0, 0.1) is 20.2 Å². The van der Waals surface area contributed by atoms with Crippen LogP contribution >= 0.6 is 0 Å². The maximum Gasteiger partial charge on any atom is 0.281 e. The number of nitrogens with zero attached hydrogens (tertiary/aromatic N) is 3. The van der Waals surface area contributed by atoms with E-state index in [1.807, 2.05) is 0 Å². The first-order chi connectivity index (χ1) is 8.58. The lowest BCUT2D eigenvalue weighted by molar-refractivity contribution is -0.394. The van der Waals surface area contributed by atoms with Crippen molar-refractivity contribution in [1.82, 2.24) is 4.57 Å². The Morgan fingerprint density at radius 3 is 2.28 bits per heavy atom. The summed E-state index contributed by atoms with van der Waals surface area (Å²) in [6, 6.07) is 7.27. The van der Waals surface area contributed by atoms with E-state index in [1.54, 1.807) is 29.1 Å². The number of hydrogen-bond acceptors (Lipinski definition) is 4. The maximum absolute atomic E-state index is 10.9. The molecular formula is C11H9N3O4. The van der Waals surface area contributed by atoms with Gasteiger partial charge in [0.1, 0.15) is 0 Å². The first kappa shape index (κ1) is 11.8. The molecule has 18 heavy (non-hydrogen) atoms. The number of nitro benzene ring substituents is 2. The van der Waals surface area contributed by atoms with Gasteiger partial charge < -0.3 is 4.57 Å². The molecule has 92 valence electrons. The molecule has 0 saturated carbocycles. The summed E-state index contributed by atoms with van der Waals surface area (Å²) in [5, 5.41) is 21.5. The fourth-order valence-electron chi connectivity index (χ4n) is 1.64. The van der Waals surface area contributed by atoms with Crippen LogP contribution in [0.1, 0.15) is 5.56 Å². The van der Waals surface area contributed by atoms with Gasteiger partial charge in [0.25, 0.3) is 11.4 Å². The number of aromatic nitrogens is 1. The SMILES string of the molecule is O=[N+]([O-])c1ccc(Cn2cccc2)c([N+](=O)[O-])c1. The number of rotatable bonds is 4. The molecule has 1 heterocycles. The van der Waals surface area contributed by atoms with Gasteiger partial charge in [0.15, 0.2) is 0 Å². The Morgan fingerprint density at radius 1 is 1.06 bits per heavy atom. The zero-order valence-corrected chi connectivity index (χ0v) is 9.22. The van der Waals surface area contributed by atoms with Gasteiger partial charge in [0, 0.05) is 24.0 Å². The molecule has 1 aromatic carbocycles. The molecule has 2 rings (SSSR count). The molecule has 0 radical (unpaired) electrons. The standard InChI is InChI=1S/C11H9N3O4/c15-13(16)10-4-3-9(11(7-10)14(17)18)8-12-5-1-2-6-12/h1-7H,8H2. The third kappa shape index (κ3) is 2.34. The molecule has 0 atom stereocenters. The van der Waals surface area contributed by atoms with E-state index in [4.69, 9.17) is 0 Å². The van der Waals surface area contributed by atoms with Gasteiger partial charge in [-0.05, 0) is 18.2 Å². The van der Waals surface area contributed by atoms with Crippen LogP contribution in [0.3, 0.4) is 0 Å². The van der Waals surface area contributed by atoms with E-state index in [0.717, 1.165) is 6.07 Å². The highest BCUT2D eigenvalue weighted by molar-refractivity contribution is 5.49. The summed E-state index contributed by atoms with van der Waals surface area (Å²) < 4.78 is 1.76. The second kappa shape index (κ2) is 4.66. The molecule has 0 N–H and O–H groups in total. The number of nitro groups is 2. The largest absolute Gasteiger partial charge is 0.350 e. The second-order valence-electron chi connectivity index (χ2n) is 3.68. The van der Waals surface area contributed by atoms with E-state index < -0.39 is 9.85 Å². The Morgan fingerprint density at radius 2 is 1.72 bits per heavy atom. The summed E-state index contributed by atoms with van der Waals surface area (Å²) in [6.45, 7) is 0.307. The van der Waals surface area contributed by atoms with Gasteiger partial charge in [-0.2, -0.15) is 0 Å². The van der Waals surface area contributed by atoms with E-state index in [0.29, 0.717) is 12.1 Å². The zero-order chi connectivity index (χ0) is 13.1. The van der Waals surface area contributed by atoms with E-state index in [9.17, 15) is 20.2 Å². The third-order valence-electron chi connectivity index (χ3n) is 2.50. The average molecular weight is 247 g/mol. The molecular weight excluding hydrogens is 238 g/mol. The summed E-state index contributed by atoms with van der Waals surface area (Å²) in [5.74, 6) is 0. The maximum atomic E-state index is 10.9. The fourth-order valence-corrected chi connectivity index (χ4v) is 1.64. The summed E-state index contributed by atoms with van der Waals surface area (Å²) in [7, 11) is 0. The Bertz CT molecular complexity index is 592. The molecule has 0 spiro atoms. The lowest BCUT2D eigenvalue weighted by Crippen LogP contribution is -2.02.